The zero-order valence-corrected chi connectivity index (χ0v) is 10.1. The standard InChI is InChI=1S/C13H15NOS/c1-2-3-10-4-6-11(7-5-10)13(15)12-8-9-14-16-12/h4-9,13,15H,2-3H2,1H3/t13-/m1/s1. The first-order chi connectivity index (χ1) is 7.81. The number of nitrogens with zero attached hydrogens (tertiary/aromatic N) is 1. The smallest absolute Gasteiger partial charge is 0.115 e. The molecule has 0 unspecified atom stereocenters. The topological polar surface area (TPSA) is 33.1 Å². The Morgan fingerprint density at radius 2 is 2.00 bits per heavy atom. The van der Waals surface area contributed by atoms with Crippen LogP contribution in [0.5, 0.6) is 0 Å². The third kappa shape index (κ3) is 2.49. The average Bonchev–Trinajstić information content (AvgIpc) is 2.83. The van der Waals surface area contributed by atoms with E-state index in [2.05, 4.69) is 23.4 Å². The van der Waals surface area contributed by atoms with Crippen LogP contribution in [0, 0.1) is 0 Å². The third-order valence-electron chi connectivity index (χ3n) is 2.56. The SMILES string of the molecule is CCCc1ccc([C@@H](O)c2ccns2)cc1. The molecule has 1 aromatic carbocycles. The lowest BCUT2D eigenvalue weighted by atomic mass is 10.0. The maximum Gasteiger partial charge on any atom is 0.115 e. The van der Waals surface area contributed by atoms with Crippen LogP contribution >= 0.6 is 11.5 Å². The van der Waals surface area contributed by atoms with Crippen molar-refractivity contribution in [1.82, 2.24) is 4.37 Å². The van der Waals surface area contributed by atoms with Gasteiger partial charge in [-0.1, -0.05) is 37.6 Å². The van der Waals surface area contributed by atoms with Gasteiger partial charge >= 0.3 is 0 Å². The van der Waals surface area contributed by atoms with E-state index in [9.17, 15) is 5.11 Å². The highest BCUT2D eigenvalue weighted by Crippen LogP contribution is 2.24. The van der Waals surface area contributed by atoms with E-state index in [4.69, 9.17) is 0 Å². The molecule has 2 aromatic rings. The summed E-state index contributed by atoms with van der Waals surface area (Å²) >= 11 is 1.34. The fourth-order valence-electron chi connectivity index (χ4n) is 1.69. The Hall–Kier alpha value is -1.19. The van der Waals surface area contributed by atoms with Crippen molar-refractivity contribution in [3.8, 4) is 0 Å². The summed E-state index contributed by atoms with van der Waals surface area (Å²) in [5.41, 5.74) is 2.26. The molecule has 84 valence electrons. The molecule has 1 heterocycles. The Labute approximate surface area is 99.7 Å². The summed E-state index contributed by atoms with van der Waals surface area (Å²) in [4.78, 5) is 0.892. The normalized spacial score (nSPS) is 12.6. The van der Waals surface area contributed by atoms with Gasteiger partial charge in [0.25, 0.3) is 0 Å². The van der Waals surface area contributed by atoms with Crippen LogP contribution in [-0.2, 0) is 6.42 Å². The lowest BCUT2D eigenvalue weighted by Gasteiger charge is -2.08. The van der Waals surface area contributed by atoms with Gasteiger partial charge in [0, 0.05) is 6.20 Å². The average molecular weight is 233 g/mol. The zero-order valence-electron chi connectivity index (χ0n) is 9.26. The molecule has 0 aliphatic rings. The van der Waals surface area contributed by atoms with E-state index in [0.717, 1.165) is 23.3 Å². The molecule has 16 heavy (non-hydrogen) atoms. The molecule has 0 spiro atoms. The minimum atomic E-state index is -0.539. The van der Waals surface area contributed by atoms with Crippen LogP contribution in [0.25, 0.3) is 0 Å². The molecule has 0 amide bonds. The quantitative estimate of drug-likeness (QED) is 0.879. The van der Waals surface area contributed by atoms with E-state index in [1.54, 1.807) is 6.20 Å². The molecular formula is C13H15NOS. The summed E-state index contributed by atoms with van der Waals surface area (Å²) in [6.45, 7) is 2.17. The molecule has 1 N–H and O–H groups in total. The first kappa shape index (κ1) is 11.3. The molecule has 2 nitrogen and oxygen atoms in total. The fraction of sp³-hybridized carbons (Fsp3) is 0.308. The summed E-state index contributed by atoms with van der Waals surface area (Å²) in [5, 5.41) is 10.1. The highest BCUT2D eigenvalue weighted by molar-refractivity contribution is 7.05. The highest BCUT2D eigenvalue weighted by atomic mass is 32.1. The van der Waals surface area contributed by atoms with Gasteiger partial charge in [-0.15, -0.1) is 0 Å². The molecule has 1 aromatic heterocycles. The van der Waals surface area contributed by atoms with Crippen LogP contribution in [0.3, 0.4) is 0 Å². The molecule has 0 fully saturated rings. The Bertz CT molecular complexity index is 422. The van der Waals surface area contributed by atoms with Crippen molar-refractivity contribution in [3.63, 3.8) is 0 Å². The summed E-state index contributed by atoms with van der Waals surface area (Å²) in [6, 6.07) is 10.0. The number of hydrogen-bond donors (Lipinski definition) is 1. The minimum Gasteiger partial charge on any atom is -0.383 e. The second-order valence-corrected chi connectivity index (χ2v) is 4.67. The van der Waals surface area contributed by atoms with Crippen molar-refractivity contribution < 1.29 is 5.11 Å². The molecule has 0 saturated heterocycles. The number of rotatable bonds is 4. The van der Waals surface area contributed by atoms with E-state index in [-0.39, 0.29) is 0 Å². The Kier molecular flexibility index (Phi) is 3.70. The minimum absolute atomic E-state index is 0.539. The molecule has 0 aliphatic heterocycles. The van der Waals surface area contributed by atoms with Crippen LogP contribution in [-0.4, -0.2) is 9.48 Å². The van der Waals surface area contributed by atoms with Gasteiger partial charge in [-0.05, 0) is 35.1 Å². The van der Waals surface area contributed by atoms with Crippen molar-refractivity contribution >= 4 is 11.5 Å². The summed E-state index contributed by atoms with van der Waals surface area (Å²) in [7, 11) is 0. The molecule has 0 aliphatic carbocycles. The molecule has 3 heteroatoms. The molecule has 0 saturated carbocycles. The summed E-state index contributed by atoms with van der Waals surface area (Å²) in [6.07, 6.45) is 3.42. The van der Waals surface area contributed by atoms with Gasteiger partial charge in [-0.25, -0.2) is 4.37 Å². The van der Waals surface area contributed by atoms with Crippen molar-refractivity contribution in [2.45, 2.75) is 25.9 Å². The molecule has 0 radical (unpaired) electrons. The Balaban J connectivity index is 2.15. The molecule has 1 atom stereocenters. The van der Waals surface area contributed by atoms with E-state index >= 15 is 0 Å². The van der Waals surface area contributed by atoms with Crippen molar-refractivity contribution in [3.05, 3.63) is 52.5 Å². The van der Waals surface area contributed by atoms with E-state index in [1.165, 1.54) is 17.1 Å². The van der Waals surface area contributed by atoms with Crippen LogP contribution in [0.4, 0.5) is 0 Å². The van der Waals surface area contributed by atoms with Crippen molar-refractivity contribution in [1.29, 1.82) is 0 Å². The predicted octanol–water partition coefficient (Wildman–Crippen LogP) is 3.18. The number of aryl methyl sites for hydroxylation is 1. The zero-order chi connectivity index (χ0) is 11.4. The van der Waals surface area contributed by atoms with Gasteiger partial charge in [0.2, 0.25) is 0 Å². The summed E-state index contributed by atoms with van der Waals surface area (Å²) < 4.78 is 4.00. The van der Waals surface area contributed by atoms with Crippen LogP contribution in [0.1, 0.15) is 35.5 Å². The molecular weight excluding hydrogens is 218 g/mol. The molecule has 0 bridgehead atoms. The first-order valence-corrected chi connectivity index (χ1v) is 6.26. The van der Waals surface area contributed by atoms with Crippen molar-refractivity contribution in [2.75, 3.05) is 0 Å². The number of aromatic nitrogens is 1. The number of hydrogen-bond acceptors (Lipinski definition) is 3. The van der Waals surface area contributed by atoms with Gasteiger partial charge in [0.15, 0.2) is 0 Å². The van der Waals surface area contributed by atoms with Crippen LogP contribution in [0.2, 0.25) is 0 Å². The van der Waals surface area contributed by atoms with Crippen molar-refractivity contribution in [2.24, 2.45) is 0 Å². The largest absolute Gasteiger partial charge is 0.383 e. The Morgan fingerprint density at radius 3 is 2.56 bits per heavy atom. The van der Waals surface area contributed by atoms with Crippen LogP contribution < -0.4 is 0 Å². The predicted molar refractivity (Wildman–Crippen MR) is 66.6 cm³/mol. The second-order valence-electron chi connectivity index (χ2n) is 3.81. The van der Waals surface area contributed by atoms with Gasteiger partial charge in [-0.2, -0.15) is 0 Å². The lowest BCUT2D eigenvalue weighted by molar-refractivity contribution is 0.224. The van der Waals surface area contributed by atoms with Gasteiger partial charge in [-0.3, -0.25) is 0 Å². The third-order valence-corrected chi connectivity index (χ3v) is 3.36. The maximum absolute atomic E-state index is 10.1. The van der Waals surface area contributed by atoms with Crippen LogP contribution in [0.15, 0.2) is 36.5 Å². The highest BCUT2D eigenvalue weighted by Gasteiger charge is 2.11. The van der Waals surface area contributed by atoms with Gasteiger partial charge < -0.3 is 5.11 Å². The summed E-state index contributed by atoms with van der Waals surface area (Å²) in [5.74, 6) is 0. The van der Waals surface area contributed by atoms with Gasteiger partial charge in [0.05, 0.1) is 4.88 Å². The number of aliphatic hydroxyl groups excluding tert-OH is 1. The lowest BCUT2D eigenvalue weighted by Crippen LogP contribution is -1.97. The fourth-order valence-corrected chi connectivity index (χ4v) is 2.29. The first-order valence-electron chi connectivity index (χ1n) is 5.48. The second kappa shape index (κ2) is 5.23. The number of aliphatic hydroxyl groups is 1. The van der Waals surface area contributed by atoms with E-state index in [1.807, 2.05) is 18.2 Å². The van der Waals surface area contributed by atoms with E-state index in [0.29, 0.717) is 0 Å². The van der Waals surface area contributed by atoms with Gasteiger partial charge in [0.1, 0.15) is 6.10 Å². The number of benzene rings is 1. The van der Waals surface area contributed by atoms with E-state index < -0.39 is 6.10 Å². The molecule has 2 rings (SSSR count). The Morgan fingerprint density at radius 1 is 1.25 bits per heavy atom. The monoisotopic (exact) mass is 233 g/mol. The maximum atomic E-state index is 10.1.